The molecular weight excluding hydrogens is 227 g/mol. The van der Waals surface area contributed by atoms with Crippen molar-refractivity contribution >= 4 is 5.69 Å². The minimum atomic E-state index is -4.92. The fourth-order valence-corrected chi connectivity index (χ4v) is 1.34. The molecule has 0 heterocycles. The quantitative estimate of drug-likeness (QED) is 0.632. The summed E-state index contributed by atoms with van der Waals surface area (Å²) in [5.41, 5.74) is -1.41. The van der Waals surface area contributed by atoms with E-state index in [0.717, 1.165) is 6.07 Å². The van der Waals surface area contributed by atoms with E-state index in [1.54, 1.807) is 0 Å². The number of aliphatic hydroxyl groups excluding tert-OH is 1. The van der Waals surface area contributed by atoms with Gasteiger partial charge in [0.15, 0.2) is 6.10 Å². The van der Waals surface area contributed by atoms with Crippen LogP contribution in [-0.4, -0.2) is 16.2 Å². The van der Waals surface area contributed by atoms with E-state index < -0.39 is 28.5 Å². The summed E-state index contributed by atoms with van der Waals surface area (Å²) in [6, 6.07) is 3.47. The highest BCUT2D eigenvalue weighted by atomic mass is 19.4. The topological polar surface area (TPSA) is 63.4 Å². The van der Waals surface area contributed by atoms with Crippen molar-refractivity contribution in [1.82, 2.24) is 0 Å². The summed E-state index contributed by atoms with van der Waals surface area (Å²) < 4.78 is 36.9. The van der Waals surface area contributed by atoms with Crippen LogP contribution in [0.2, 0.25) is 0 Å². The third-order valence-electron chi connectivity index (χ3n) is 2.08. The van der Waals surface area contributed by atoms with E-state index in [2.05, 4.69) is 0 Å². The second kappa shape index (κ2) is 4.09. The summed E-state index contributed by atoms with van der Waals surface area (Å²) in [5, 5.41) is 19.6. The Hall–Kier alpha value is -1.63. The summed E-state index contributed by atoms with van der Waals surface area (Å²) in [7, 11) is 0. The van der Waals surface area contributed by atoms with Gasteiger partial charge in [0.1, 0.15) is 0 Å². The third-order valence-corrected chi connectivity index (χ3v) is 2.08. The predicted molar refractivity (Wildman–Crippen MR) is 48.8 cm³/mol. The van der Waals surface area contributed by atoms with Crippen molar-refractivity contribution < 1.29 is 23.2 Å². The van der Waals surface area contributed by atoms with Crippen LogP contribution in [0, 0.1) is 17.0 Å². The number of nitro benzene ring substituents is 1. The first-order valence-electron chi connectivity index (χ1n) is 4.24. The Labute approximate surface area is 88.5 Å². The van der Waals surface area contributed by atoms with Crippen LogP contribution in [0.15, 0.2) is 18.2 Å². The monoisotopic (exact) mass is 235 g/mol. The molecule has 0 spiro atoms. The molecule has 0 amide bonds. The van der Waals surface area contributed by atoms with E-state index in [-0.39, 0.29) is 5.56 Å². The fourth-order valence-electron chi connectivity index (χ4n) is 1.34. The summed E-state index contributed by atoms with van der Waals surface area (Å²) in [5.74, 6) is 0. The molecule has 1 aromatic carbocycles. The third kappa shape index (κ3) is 2.30. The number of halogens is 3. The number of aryl methyl sites for hydroxylation is 1. The van der Waals surface area contributed by atoms with Gasteiger partial charge in [0.05, 0.1) is 10.5 Å². The van der Waals surface area contributed by atoms with Gasteiger partial charge in [-0.05, 0) is 12.5 Å². The zero-order valence-electron chi connectivity index (χ0n) is 8.15. The van der Waals surface area contributed by atoms with Gasteiger partial charge in [-0.15, -0.1) is 0 Å². The Bertz CT molecular complexity index is 417. The maximum Gasteiger partial charge on any atom is 0.418 e. The van der Waals surface area contributed by atoms with Gasteiger partial charge in [-0.1, -0.05) is 12.1 Å². The molecule has 4 nitrogen and oxygen atoms in total. The Morgan fingerprint density at radius 3 is 2.44 bits per heavy atom. The van der Waals surface area contributed by atoms with E-state index in [0.29, 0.717) is 0 Å². The predicted octanol–water partition coefficient (Wildman–Crippen LogP) is 2.50. The second-order valence-corrected chi connectivity index (χ2v) is 3.21. The number of rotatable bonds is 2. The Balaban J connectivity index is 3.36. The van der Waals surface area contributed by atoms with Gasteiger partial charge in [-0.25, -0.2) is 0 Å². The first-order chi connectivity index (χ1) is 7.25. The molecule has 16 heavy (non-hydrogen) atoms. The highest BCUT2D eigenvalue weighted by molar-refractivity contribution is 5.47. The lowest BCUT2D eigenvalue weighted by Gasteiger charge is -2.16. The lowest BCUT2D eigenvalue weighted by atomic mass is 10.0. The van der Waals surface area contributed by atoms with Crippen molar-refractivity contribution in [2.24, 2.45) is 0 Å². The summed E-state index contributed by atoms with van der Waals surface area (Å²) >= 11 is 0. The average molecular weight is 235 g/mol. The number of nitro groups is 1. The smallest absolute Gasteiger partial charge is 0.379 e. The van der Waals surface area contributed by atoms with Gasteiger partial charge < -0.3 is 5.11 Å². The van der Waals surface area contributed by atoms with Crippen molar-refractivity contribution in [3.05, 3.63) is 39.4 Å². The molecule has 0 saturated carbocycles. The molecule has 88 valence electrons. The molecule has 0 fully saturated rings. The highest BCUT2D eigenvalue weighted by Gasteiger charge is 2.43. The number of nitrogens with zero attached hydrogens (tertiary/aromatic N) is 1. The number of aliphatic hydroxyl groups is 1. The maximum atomic E-state index is 12.3. The normalized spacial score (nSPS) is 13.6. The molecule has 0 radical (unpaired) electrons. The van der Waals surface area contributed by atoms with Crippen LogP contribution in [0.5, 0.6) is 0 Å². The van der Waals surface area contributed by atoms with E-state index in [9.17, 15) is 23.3 Å². The van der Waals surface area contributed by atoms with Gasteiger partial charge in [0.2, 0.25) is 0 Å². The summed E-state index contributed by atoms with van der Waals surface area (Å²) in [4.78, 5) is 9.59. The minimum Gasteiger partial charge on any atom is -0.379 e. The molecule has 0 aliphatic rings. The molecule has 0 aliphatic carbocycles. The molecule has 0 aliphatic heterocycles. The van der Waals surface area contributed by atoms with Crippen LogP contribution in [0.1, 0.15) is 17.2 Å². The van der Waals surface area contributed by atoms with Crippen molar-refractivity contribution in [2.45, 2.75) is 19.2 Å². The maximum absolute atomic E-state index is 12.3. The Morgan fingerprint density at radius 2 is 2.00 bits per heavy atom. The molecule has 0 unspecified atom stereocenters. The van der Waals surface area contributed by atoms with Crippen molar-refractivity contribution in [3.8, 4) is 0 Å². The number of benzene rings is 1. The molecule has 0 bridgehead atoms. The van der Waals surface area contributed by atoms with E-state index in [1.165, 1.54) is 19.1 Å². The SMILES string of the molecule is Cc1cccc([N+](=O)[O-])c1[C@@H](O)C(F)(F)F. The van der Waals surface area contributed by atoms with Crippen LogP contribution in [-0.2, 0) is 0 Å². The molecule has 1 N–H and O–H groups in total. The Morgan fingerprint density at radius 1 is 1.44 bits per heavy atom. The van der Waals surface area contributed by atoms with Gasteiger partial charge in [0, 0.05) is 6.07 Å². The second-order valence-electron chi connectivity index (χ2n) is 3.21. The van der Waals surface area contributed by atoms with Crippen LogP contribution in [0.25, 0.3) is 0 Å². The van der Waals surface area contributed by atoms with Gasteiger partial charge in [-0.2, -0.15) is 13.2 Å². The average Bonchev–Trinajstić information content (AvgIpc) is 2.14. The largest absolute Gasteiger partial charge is 0.418 e. The molecule has 7 heteroatoms. The van der Waals surface area contributed by atoms with Crippen molar-refractivity contribution in [3.63, 3.8) is 0 Å². The van der Waals surface area contributed by atoms with Crippen LogP contribution in [0.4, 0.5) is 18.9 Å². The van der Waals surface area contributed by atoms with E-state index in [1.807, 2.05) is 0 Å². The minimum absolute atomic E-state index is 0.0269. The van der Waals surface area contributed by atoms with Gasteiger partial charge in [-0.3, -0.25) is 10.1 Å². The molecular formula is C9H8F3NO3. The molecule has 1 rings (SSSR count). The molecule has 1 atom stereocenters. The van der Waals surface area contributed by atoms with Crippen molar-refractivity contribution in [2.75, 3.05) is 0 Å². The lowest BCUT2D eigenvalue weighted by molar-refractivity contribution is -0.387. The van der Waals surface area contributed by atoms with Crippen LogP contribution >= 0.6 is 0 Å². The molecule has 1 aromatic rings. The zero-order valence-corrected chi connectivity index (χ0v) is 8.15. The summed E-state index contributed by atoms with van der Waals surface area (Å²) in [6.45, 7) is 1.28. The van der Waals surface area contributed by atoms with Gasteiger partial charge >= 0.3 is 6.18 Å². The lowest BCUT2D eigenvalue weighted by Crippen LogP contribution is -2.22. The standard InChI is InChI=1S/C9H8F3NO3/c1-5-3-2-4-6(13(15)16)7(5)8(14)9(10,11)12/h2-4,8,14H,1H3/t8-/m1/s1. The first-order valence-corrected chi connectivity index (χ1v) is 4.24. The first kappa shape index (κ1) is 12.4. The van der Waals surface area contributed by atoms with Gasteiger partial charge in [0.25, 0.3) is 5.69 Å². The summed E-state index contributed by atoms with van der Waals surface area (Å²) in [6.07, 6.45) is -7.76. The molecule has 0 saturated heterocycles. The Kier molecular flexibility index (Phi) is 3.18. The highest BCUT2D eigenvalue weighted by Crippen LogP contribution is 2.38. The van der Waals surface area contributed by atoms with Crippen molar-refractivity contribution in [1.29, 1.82) is 0 Å². The zero-order chi connectivity index (χ0) is 12.5. The van der Waals surface area contributed by atoms with Crippen LogP contribution < -0.4 is 0 Å². The number of alkyl halides is 3. The van der Waals surface area contributed by atoms with Crippen LogP contribution in [0.3, 0.4) is 0 Å². The number of hydrogen-bond acceptors (Lipinski definition) is 3. The fraction of sp³-hybridized carbons (Fsp3) is 0.333. The van der Waals surface area contributed by atoms with E-state index in [4.69, 9.17) is 5.11 Å². The van der Waals surface area contributed by atoms with E-state index >= 15 is 0 Å². The molecule has 0 aromatic heterocycles. The number of hydrogen-bond donors (Lipinski definition) is 1.